The van der Waals surface area contributed by atoms with Crippen LogP contribution >= 0.6 is 11.6 Å². The third-order valence-electron chi connectivity index (χ3n) is 2.00. The van der Waals surface area contributed by atoms with Gasteiger partial charge in [-0.1, -0.05) is 24.6 Å². The molecule has 0 aromatic heterocycles. The topological polar surface area (TPSA) is 0 Å². The van der Waals surface area contributed by atoms with E-state index in [-0.39, 0.29) is 0 Å². The van der Waals surface area contributed by atoms with Crippen LogP contribution in [0.25, 0.3) is 0 Å². The molecule has 0 fully saturated rings. The van der Waals surface area contributed by atoms with E-state index in [4.69, 9.17) is 11.6 Å². The second-order valence-corrected chi connectivity index (χ2v) is 3.29. The summed E-state index contributed by atoms with van der Waals surface area (Å²) in [5, 5.41) is 0.882. The number of benzene rings is 1. The first kappa shape index (κ1) is 8.61. The van der Waals surface area contributed by atoms with Gasteiger partial charge in [0, 0.05) is 5.02 Å². The first-order valence-corrected chi connectivity index (χ1v) is 4.28. The van der Waals surface area contributed by atoms with Crippen molar-refractivity contribution in [3.8, 4) is 0 Å². The number of halogens is 1. The molecule has 0 radical (unpaired) electrons. The number of hydrogen-bond acceptors (Lipinski definition) is 0. The summed E-state index contributed by atoms with van der Waals surface area (Å²) in [5.41, 5.74) is 3.86. The van der Waals surface area contributed by atoms with Crippen LogP contribution in [0.15, 0.2) is 12.1 Å². The molecule has 0 aliphatic rings. The molecule has 0 unspecified atom stereocenters. The molecule has 0 spiro atoms. The van der Waals surface area contributed by atoms with Gasteiger partial charge in [0.25, 0.3) is 0 Å². The Hall–Kier alpha value is -0.490. The molecular formula is C10H13Cl. The van der Waals surface area contributed by atoms with Crippen LogP contribution in [0.4, 0.5) is 0 Å². The number of aryl methyl sites for hydroxylation is 3. The highest BCUT2D eigenvalue weighted by Crippen LogP contribution is 2.20. The van der Waals surface area contributed by atoms with E-state index < -0.39 is 0 Å². The first-order chi connectivity index (χ1) is 5.15. The fourth-order valence-corrected chi connectivity index (χ4v) is 1.43. The van der Waals surface area contributed by atoms with Crippen molar-refractivity contribution in [1.82, 2.24) is 0 Å². The lowest BCUT2D eigenvalue weighted by atomic mass is 10.0. The molecule has 1 heteroatoms. The molecule has 0 atom stereocenters. The highest BCUT2D eigenvalue weighted by molar-refractivity contribution is 6.31. The van der Waals surface area contributed by atoms with Crippen LogP contribution < -0.4 is 0 Å². The molecule has 0 N–H and O–H groups in total. The SMILES string of the molecule is CCc1cc(Cl)c(C)cc1C. The van der Waals surface area contributed by atoms with Gasteiger partial charge < -0.3 is 0 Å². The fourth-order valence-electron chi connectivity index (χ4n) is 1.25. The van der Waals surface area contributed by atoms with E-state index in [0.717, 1.165) is 11.4 Å². The zero-order valence-electron chi connectivity index (χ0n) is 7.24. The Morgan fingerprint density at radius 3 is 2.36 bits per heavy atom. The minimum atomic E-state index is 0.882. The smallest absolute Gasteiger partial charge is 0.0438 e. The van der Waals surface area contributed by atoms with Crippen molar-refractivity contribution in [3.63, 3.8) is 0 Å². The third-order valence-corrected chi connectivity index (χ3v) is 2.41. The van der Waals surface area contributed by atoms with Crippen LogP contribution in [0.3, 0.4) is 0 Å². The van der Waals surface area contributed by atoms with Crippen molar-refractivity contribution in [2.24, 2.45) is 0 Å². The molecule has 1 aromatic rings. The summed E-state index contributed by atoms with van der Waals surface area (Å²) in [4.78, 5) is 0. The van der Waals surface area contributed by atoms with E-state index in [1.54, 1.807) is 0 Å². The highest BCUT2D eigenvalue weighted by atomic mass is 35.5. The molecule has 0 nitrogen and oxygen atoms in total. The van der Waals surface area contributed by atoms with E-state index >= 15 is 0 Å². The minimum absolute atomic E-state index is 0.882. The lowest BCUT2D eigenvalue weighted by molar-refractivity contribution is 1.10. The Morgan fingerprint density at radius 1 is 1.18 bits per heavy atom. The lowest BCUT2D eigenvalue weighted by Crippen LogP contribution is -1.87. The molecule has 1 rings (SSSR count). The van der Waals surface area contributed by atoms with Crippen LogP contribution in [-0.4, -0.2) is 0 Å². The maximum Gasteiger partial charge on any atom is 0.0438 e. The van der Waals surface area contributed by atoms with E-state index in [9.17, 15) is 0 Å². The predicted molar refractivity (Wildman–Crippen MR) is 50.3 cm³/mol. The van der Waals surface area contributed by atoms with E-state index in [1.807, 2.05) is 6.92 Å². The van der Waals surface area contributed by atoms with Gasteiger partial charge >= 0.3 is 0 Å². The van der Waals surface area contributed by atoms with Crippen molar-refractivity contribution in [1.29, 1.82) is 0 Å². The van der Waals surface area contributed by atoms with Crippen molar-refractivity contribution in [3.05, 3.63) is 33.8 Å². The molecule has 0 aliphatic carbocycles. The number of rotatable bonds is 1. The summed E-state index contributed by atoms with van der Waals surface area (Å²) in [5.74, 6) is 0. The van der Waals surface area contributed by atoms with Gasteiger partial charge in [-0.15, -0.1) is 0 Å². The van der Waals surface area contributed by atoms with Crippen molar-refractivity contribution >= 4 is 11.6 Å². The van der Waals surface area contributed by atoms with Gasteiger partial charge in [-0.2, -0.15) is 0 Å². The lowest BCUT2D eigenvalue weighted by Gasteiger charge is -2.05. The second-order valence-electron chi connectivity index (χ2n) is 2.88. The summed E-state index contributed by atoms with van der Waals surface area (Å²) >= 11 is 5.96. The molecule has 0 saturated heterocycles. The Bertz CT molecular complexity index is 264. The van der Waals surface area contributed by atoms with Gasteiger partial charge in [-0.05, 0) is 43.0 Å². The minimum Gasteiger partial charge on any atom is -0.0840 e. The van der Waals surface area contributed by atoms with Gasteiger partial charge in [0.05, 0.1) is 0 Å². The summed E-state index contributed by atoms with van der Waals surface area (Å²) < 4.78 is 0. The monoisotopic (exact) mass is 168 g/mol. The van der Waals surface area contributed by atoms with E-state index in [1.165, 1.54) is 16.7 Å². The second kappa shape index (κ2) is 3.27. The van der Waals surface area contributed by atoms with Gasteiger partial charge in [0.15, 0.2) is 0 Å². The average molecular weight is 169 g/mol. The molecule has 60 valence electrons. The maximum atomic E-state index is 5.96. The standard InChI is InChI=1S/C10H13Cl/c1-4-9-6-10(11)8(3)5-7(9)2/h5-6H,4H2,1-3H3. The van der Waals surface area contributed by atoms with Gasteiger partial charge in [-0.25, -0.2) is 0 Å². The zero-order chi connectivity index (χ0) is 8.43. The first-order valence-electron chi connectivity index (χ1n) is 3.90. The summed E-state index contributed by atoms with van der Waals surface area (Å²) in [6.45, 7) is 6.31. The highest BCUT2D eigenvalue weighted by Gasteiger charge is 1.99. The maximum absolute atomic E-state index is 5.96. The normalized spacial score (nSPS) is 10.2. The summed E-state index contributed by atoms with van der Waals surface area (Å²) in [7, 11) is 0. The van der Waals surface area contributed by atoms with Crippen LogP contribution in [-0.2, 0) is 6.42 Å². The fraction of sp³-hybridized carbons (Fsp3) is 0.400. The van der Waals surface area contributed by atoms with Crippen LogP contribution in [0.2, 0.25) is 5.02 Å². The Labute approximate surface area is 73.2 Å². The predicted octanol–water partition coefficient (Wildman–Crippen LogP) is 3.52. The van der Waals surface area contributed by atoms with Crippen molar-refractivity contribution < 1.29 is 0 Å². The van der Waals surface area contributed by atoms with Crippen LogP contribution in [0, 0.1) is 13.8 Å². The molecule has 11 heavy (non-hydrogen) atoms. The molecule has 0 saturated carbocycles. The Morgan fingerprint density at radius 2 is 1.82 bits per heavy atom. The van der Waals surface area contributed by atoms with Gasteiger partial charge in [0.2, 0.25) is 0 Å². The molecule has 1 aromatic carbocycles. The summed E-state index contributed by atoms with van der Waals surface area (Å²) in [6, 6.07) is 4.20. The quantitative estimate of drug-likeness (QED) is 0.602. The molecular weight excluding hydrogens is 156 g/mol. The Balaban J connectivity index is 3.21. The third kappa shape index (κ3) is 1.75. The van der Waals surface area contributed by atoms with E-state index in [0.29, 0.717) is 0 Å². The van der Waals surface area contributed by atoms with Gasteiger partial charge in [-0.3, -0.25) is 0 Å². The van der Waals surface area contributed by atoms with Crippen LogP contribution in [0.1, 0.15) is 23.6 Å². The Kier molecular flexibility index (Phi) is 2.56. The summed E-state index contributed by atoms with van der Waals surface area (Å²) in [6.07, 6.45) is 1.06. The molecule has 0 aliphatic heterocycles. The number of hydrogen-bond donors (Lipinski definition) is 0. The molecule has 0 bridgehead atoms. The van der Waals surface area contributed by atoms with Gasteiger partial charge in [0.1, 0.15) is 0 Å². The van der Waals surface area contributed by atoms with Crippen molar-refractivity contribution in [2.75, 3.05) is 0 Å². The molecule has 0 amide bonds. The molecule has 0 heterocycles. The van der Waals surface area contributed by atoms with E-state index in [2.05, 4.69) is 26.0 Å². The largest absolute Gasteiger partial charge is 0.0840 e. The zero-order valence-corrected chi connectivity index (χ0v) is 8.00. The van der Waals surface area contributed by atoms with Crippen LogP contribution in [0.5, 0.6) is 0 Å². The van der Waals surface area contributed by atoms with Crippen molar-refractivity contribution in [2.45, 2.75) is 27.2 Å². The average Bonchev–Trinajstić information content (AvgIpc) is 1.97.